The highest BCUT2D eigenvalue weighted by Gasteiger charge is 2.22. The van der Waals surface area contributed by atoms with E-state index in [0.717, 1.165) is 11.1 Å². The first kappa shape index (κ1) is 20.9. The van der Waals surface area contributed by atoms with E-state index in [0.29, 0.717) is 33.0 Å². The van der Waals surface area contributed by atoms with Gasteiger partial charge in [-0.3, -0.25) is 9.59 Å². The standard InChI is InChI=1S/C21H20N2O4S2/c1-3-26-17-10-14(11-18-20(25)23-21(28)29-18)6-9-16(17)27-12-19(24)22-15-7-4-13(2)5-8-15/h4-11H,3,12H2,1-2H3,(H,22,24)(H,23,25,28)/b18-11+. The van der Waals surface area contributed by atoms with Gasteiger partial charge in [0.2, 0.25) is 0 Å². The number of carbonyl (C=O) groups is 2. The van der Waals surface area contributed by atoms with Crippen LogP contribution in [0.2, 0.25) is 0 Å². The molecule has 0 atom stereocenters. The molecule has 0 aromatic heterocycles. The van der Waals surface area contributed by atoms with Crippen LogP contribution in [0.1, 0.15) is 18.1 Å². The molecule has 8 heteroatoms. The van der Waals surface area contributed by atoms with Gasteiger partial charge in [0, 0.05) is 5.69 Å². The van der Waals surface area contributed by atoms with E-state index in [9.17, 15) is 9.59 Å². The normalized spacial score (nSPS) is 14.6. The SMILES string of the molecule is CCOc1cc(/C=C2/SC(=S)NC2=O)ccc1OCC(=O)Nc1ccc(C)cc1. The van der Waals surface area contributed by atoms with Gasteiger partial charge in [0.05, 0.1) is 11.5 Å². The lowest BCUT2D eigenvalue weighted by molar-refractivity contribution is -0.118. The number of thioether (sulfide) groups is 1. The fourth-order valence-corrected chi connectivity index (χ4v) is 3.60. The number of rotatable bonds is 7. The lowest BCUT2D eigenvalue weighted by Gasteiger charge is -2.13. The van der Waals surface area contributed by atoms with E-state index < -0.39 is 0 Å². The summed E-state index contributed by atoms with van der Waals surface area (Å²) >= 11 is 6.21. The molecule has 6 nitrogen and oxygen atoms in total. The van der Waals surface area contributed by atoms with Crippen molar-refractivity contribution in [1.29, 1.82) is 0 Å². The fraction of sp³-hybridized carbons (Fsp3) is 0.190. The van der Waals surface area contributed by atoms with Crippen molar-refractivity contribution in [2.45, 2.75) is 13.8 Å². The second-order valence-corrected chi connectivity index (χ2v) is 7.91. The summed E-state index contributed by atoms with van der Waals surface area (Å²) in [5, 5.41) is 5.37. The van der Waals surface area contributed by atoms with Crippen LogP contribution in [0.3, 0.4) is 0 Å². The van der Waals surface area contributed by atoms with Gasteiger partial charge in [0.25, 0.3) is 11.8 Å². The van der Waals surface area contributed by atoms with Gasteiger partial charge in [0.15, 0.2) is 18.1 Å². The summed E-state index contributed by atoms with van der Waals surface area (Å²) in [5.74, 6) is 0.462. The summed E-state index contributed by atoms with van der Waals surface area (Å²) < 4.78 is 11.7. The topological polar surface area (TPSA) is 76.7 Å². The Morgan fingerprint density at radius 2 is 1.93 bits per heavy atom. The summed E-state index contributed by atoms with van der Waals surface area (Å²) in [4.78, 5) is 24.5. The Kier molecular flexibility index (Phi) is 6.90. The predicted molar refractivity (Wildman–Crippen MR) is 119 cm³/mol. The van der Waals surface area contributed by atoms with Gasteiger partial charge in [-0.05, 0) is 49.8 Å². The van der Waals surface area contributed by atoms with Crippen LogP contribution in [0, 0.1) is 6.92 Å². The maximum absolute atomic E-state index is 12.2. The third kappa shape index (κ3) is 5.82. The third-order valence-corrected chi connectivity index (χ3v) is 5.06. The Morgan fingerprint density at radius 1 is 1.17 bits per heavy atom. The molecule has 0 saturated carbocycles. The lowest BCUT2D eigenvalue weighted by Crippen LogP contribution is -2.20. The molecule has 29 heavy (non-hydrogen) atoms. The minimum atomic E-state index is -0.268. The van der Waals surface area contributed by atoms with Crippen molar-refractivity contribution in [3.05, 3.63) is 58.5 Å². The van der Waals surface area contributed by atoms with E-state index >= 15 is 0 Å². The van der Waals surface area contributed by atoms with E-state index in [1.165, 1.54) is 11.8 Å². The molecule has 1 aliphatic heterocycles. The Bertz CT molecular complexity index is 971. The third-order valence-electron chi connectivity index (χ3n) is 3.90. The minimum Gasteiger partial charge on any atom is -0.490 e. The van der Waals surface area contributed by atoms with E-state index in [4.69, 9.17) is 21.7 Å². The van der Waals surface area contributed by atoms with Crippen molar-refractivity contribution >= 4 is 51.9 Å². The molecular formula is C21H20N2O4S2. The molecule has 2 amide bonds. The van der Waals surface area contributed by atoms with Gasteiger partial charge < -0.3 is 20.1 Å². The van der Waals surface area contributed by atoms with Gasteiger partial charge >= 0.3 is 0 Å². The van der Waals surface area contributed by atoms with E-state index in [2.05, 4.69) is 10.6 Å². The average Bonchev–Trinajstić information content (AvgIpc) is 3.00. The summed E-state index contributed by atoms with van der Waals surface area (Å²) in [5.41, 5.74) is 2.60. The minimum absolute atomic E-state index is 0.152. The highest BCUT2D eigenvalue weighted by atomic mass is 32.2. The van der Waals surface area contributed by atoms with Gasteiger partial charge in [-0.25, -0.2) is 0 Å². The second kappa shape index (κ2) is 9.58. The summed E-state index contributed by atoms with van der Waals surface area (Å²) in [7, 11) is 0. The van der Waals surface area contributed by atoms with E-state index in [1.807, 2.05) is 38.1 Å². The maximum atomic E-state index is 12.2. The molecule has 2 aromatic carbocycles. The number of carbonyl (C=O) groups excluding carboxylic acids is 2. The van der Waals surface area contributed by atoms with Crippen molar-refractivity contribution in [3.63, 3.8) is 0 Å². The zero-order valence-electron chi connectivity index (χ0n) is 16.0. The van der Waals surface area contributed by atoms with Crippen LogP contribution in [0.25, 0.3) is 6.08 Å². The molecule has 3 rings (SSSR count). The Hall–Kier alpha value is -2.84. The highest BCUT2D eigenvalue weighted by Crippen LogP contribution is 2.32. The van der Waals surface area contributed by atoms with Crippen LogP contribution >= 0.6 is 24.0 Å². The van der Waals surface area contributed by atoms with Crippen molar-refractivity contribution in [2.24, 2.45) is 0 Å². The Labute approximate surface area is 178 Å². The van der Waals surface area contributed by atoms with Crippen LogP contribution < -0.4 is 20.1 Å². The monoisotopic (exact) mass is 428 g/mol. The molecule has 1 aliphatic rings. The summed E-state index contributed by atoms with van der Waals surface area (Å²) in [6.07, 6.45) is 1.73. The van der Waals surface area contributed by atoms with Gasteiger partial charge in [-0.2, -0.15) is 0 Å². The number of hydrogen-bond acceptors (Lipinski definition) is 6. The molecule has 2 aromatic rings. The van der Waals surface area contributed by atoms with E-state index in [-0.39, 0.29) is 18.4 Å². The molecule has 0 bridgehead atoms. The number of anilines is 1. The number of benzene rings is 2. The van der Waals surface area contributed by atoms with Crippen LogP contribution in [-0.2, 0) is 9.59 Å². The van der Waals surface area contributed by atoms with Gasteiger partial charge in [-0.1, -0.05) is 47.7 Å². The molecule has 0 spiro atoms. The Balaban J connectivity index is 1.67. The van der Waals surface area contributed by atoms with Crippen LogP contribution in [0.4, 0.5) is 5.69 Å². The molecule has 0 aliphatic carbocycles. The quantitative estimate of drug-likeness (QED) is 0.515. The average molecular weight is 429 g/mol. The van der Waals surface area contributed by atoms with Crippen molar-refractivity contribution in [2.75, 3.05) is 18.5 Å². The molecule has 0 radical (unpaired) electrons. The number of amides is 2. The largest absolute Gasteiger partial charge is 0.490 e. The number of nitrogens with one attached hydrogen (secondary N) is 2. The molecule has 150 valence electrons. The molecule has 0 unspecified atom stereocenters. The number of thiocarbonyl (C=S) groups is 1. The van der Waals surface area contributed by atoms with E-state index in [1.54, 1.807) is 24.3 Å². The van der Waals surface area contributed by atoms with Gasteiger partial charge in [-0.15, -0.1) is 0 Å². The fourth-order valence-electron chi connectivity index (χ4n) is 2.55. The Morgan fingerprint density at radius 3 is 2.59 bits per heavy atom. The molecule has 1 saturated heterocycles. The van der Waals surface area contributed by atoms with Crippen LogP contribution in [0.15, 0.2) is 47.4 Å². The summed E-state index contributed by atoms with van der Waals surface area (Å²) in [6, 6.07) is 12.8. The second-order valence-electron chi connectivity index (χ2n) is 6.19. The highest BCUT2D eigenvalue weighted by molar-refractivity contribution is 8.26. The molecule has 2 N–H and O–H groups in total. The van der Waals surface area contributed by atoms with Crippen molar-refractivity contribution in [3.8, 4) is 11.5 Å². The molecule has 1 fully saturated rings. The van der Waals surface area contributed by atoms with Gasteiger partial charge in [0.1, 0.15) is 4.32 Å². The number of hydrogen-bond donors (Lipinski definition) is 2. The van der Waals surface area contributed by atoms with Crippen LogP contribution in [0.5, 0.6) is 11.5 Å². The first-order chi connectivity index (χ1) is 13.9. The first-order valence-corrected chi connectivity index (χ1v) is 10.2. The first-order valence-electron chi connectivity index (χ1n) is 8.95. The zero-order valence-corrected chi connectivity index (χ0v) is 17.6. The number of ether oxygens (including phenoxy) is 2. The summed E-state index contributed by atoms with van der Waals surface area (Å²) in [6.45, 7) is 4.12. The van der Waals surface area contributed by atoms with Crippen LogP contribution in [-0.4, -0.2) is 29.3 Å². The lowest BCUT2D eigenvalue weighted by atomic mass is 10.2. The predicted octanol–water partition coefficient (Wildman–Crippen LogP) is 3.90. The smallest absolute Gasteiger partial charge is 0.263 e. The van der Waals surface area contributed by atoms with Crippen molar-refractivity contribution < 1.29 is 19.1 Å². The van der Waals surface area contributed by atoms with Crippen molar-refractivity contribution in [1.82, 2.24) is 5.32 Å². The zero-order chi connectivity index (χ0) is 20.8. The molecule has 1 heterocycles. The molecular weight excluding hydrogens is 408 g/mol. The maximum Gasteiger partial charge on any atom is 0.263 e. The number of aryl methyl sites for hydroxylation is 1.